The minimum absolute atomic E-state index is 0.0953. The first-order valence-electron chi connectivity index (χ1n) is 10.6. The number of anilines is 1. The number of benzene rings is 1. The average Bonchev–Trinajstić information content (AvgIpc) is 3.45. The van der Waals surface area contributed by atoms with Crippen molar-refractivity contribution in [2.75, 3.05) is 18.6 Å². The third kappa shape index (κ3) is 1.97. The number of hydrogen-bond donors (Lipinski definition) is 0. The van der Waals surface area contributed by atoms with Crippen LogP contribution in [0, 0.1) is 11.8 Å². The van der Waals surface area contributed by atoms with E-state index in [-0.39, 0.29) is 23.9 Å². The summed E-state index contributed by atoms with van der Waals surface area (Å²) >= 11 is 0. The van der Waals surface area contributed by atoms with Crippen LogP contribution in [0.15, 0.2) is 36.4 Å². The zero-order valence-electron chi connectivity index (χ0n) is 17.0. The van der Waals surface area contributed by atoms with Crippen LogP contribution in [0.2, 0.25) is 0 Å². The maximum atomic E-state index is 13.8. The van der Waals surface area contributed by atoms with Gasteiger partial charge in [0, 0.05) is 18.7 Å². The first-order valence-corrected chi connectivity index (χ1v) is 10.6. The van der Waals surface area contributed by atoms with Crippen LogP contribution in [0.25, 0.3) is 0 Å². The van der Waals surface area contributed by atoms with Crippen LogP contribution in [-0.2, 0) is 23.9 Å². The summed E-state index contributed by atoms with van der Waals surface area (Å²) in [7, 11) is 1.35. The van der Waals surface area contributed by atoms with Crippen LogP contribution < -0.4 is 4.90 Å². The van der Waals surface area contributed by atoms with Gasteiger partial charge in [-0.15, -0.1) is 0 Å². The molecule has 156 valence electrons. The Hall–Kier alpha value is -2.67. The zero-order valence-corrected chi connectivity index (χ0v) is 17.0. The molecule has 2 amide bonds. The molecule has 7 nitrogen and oxygen atoms in total. The Labute approximate surface area is 174 Å². The van der Waals surface area contributed by atoms with E-state index in [0.717, 1.165) is 24.2 Å². The van der Waals surface area contributed by atoms with Crippen LogP contribution in [-0.4, -0.2) is 53.6 Å². The first-order chi connectivity index (χ1) is 14.4. The minimum atomic E-state index is -0.876. The van der Waals surface area contributed by atoms with Crippen molar-refractivity contribution in [2.24, 2.45) is 11.8 Å². The fourth-order valence-corrected chi connectivity index (χ4v) is 6.59. The molecule has 0 saturated carbocycles. The fourth-order valence-electron chi connectivity index (χ4n) is 6.59. The summed E-state index contributed by atoms with van der Waals surface area (Å²) in [5, 5.41) is 0. The van der Waals surface area contributed by atoms with E-state index in [1.54, 1.807) is 0 Å². The van der Waals surface area contributed by atoms with Gasteiger partial charge in [0.05, 0.1) is 30.7 Å². The lowest BCUT2D eigenvalue weighted by Gasteiger charge is -2.44. The topological polar surface area (TPSA) is 76.2 Å². The fraction of sp³-hybridized carbons (Fsp3) is 0.522. The lowest BCUT2D eigenvalue weighted by atomic mass is 9.69. The van der Waals surface area contributed by atoms with E-state index in [0.29, 0.717) is 12.8 Å². The number of likely N-dealkylation sites (tertiary alicyclic amines) is 1. The number of rotatable bonds is 2. The number of nitrogens with zero attached hydrogens (tertiary/aromatic N) is 2. The van der Waals surface area contributed by atoms with Gasteiger partial charge < -0.3 is 19.3 Å². The molecular formula is C23H24N2O5. The third-order valence-corrected chi connectivity index (χ3v) is 7.79. The second-order valence-electron chi connectivity index (χ2n) is 9.18. The van der Waals surface area contributed by atoms with Crippen LogP contribution in [0.4, 0.5) is 5.69 Å². The number of carbonyl (C=O) groups is 3. The maximum absolute atomic E-state index is 13.8. The van der Waals surface area contributed by atoms with Crippen molar-refractivity contribution in [2.45, 2.75) is 49.5 Å². The Bertz CT molecular complexity index is 1020. The summed E-state index contributed by atoms with van der Waals surface area (Å²) in [5.41, 5.74) is 0.0869. The summed E-state index contributed by atoms with van der Waals surface area (Å²) < 4.78 is 11.6. The molecule has 6 rings (SSSR count). The molecule has 7 heteroatoms. The van der Waals surface area contributed by atoms with Gasteiger partial charge in [-0.25, -0.2) is 0 Å². The van der Waals surface area contributed by atoms with E-state index >= 15 is 0 Å². The highest BCUT2D eigenvalue weighted by Gasteiger charge is 2.76. The van der Waals surface area contributed by atoms with E-state index in [9.17, 15) is 14.4 Å². The van der Waals surface area contributed by atoms with E-state index in [1.807, 2.05) is 53.1 Å². The number of methoxy groups -OCH3 is 1. The van der Waals surface area contributed by atoms with E-state index < -0.39 is 29.0 Å². The number of hydrogen-bond acceptors (Lipinski definition) is 5. The Balaban J connectivity index is 1.50. The molecule has 0 N–H and O–H groups in total. The van der Waals surface area contributed by atoms with E-state index in [1.165, 1.54) is 7.11 Å². The SMILES string of the molecule is COC(=O)[C@@H]1[C@@H]2C(=O)N3c4ccccc4[C@@H](N4CCCC4=O)C[C@H]3[C@@]23C=C[C@]1(C)O3. The number of esters is 1. The molecule has 2 bridgehead atoms. The molecule has 3 saturated heterocycles. The smallest absolute Gasteiger partial charge is 0.312 e. The molecule has 1 aromatic rings. The second kappa shape index (κ2) is 5.72. The molecule has 5 heterocycles. The molecule has 5 aliphatic rings. The van der Waals surface area contributed by atoms with Gasteiger partial charge in [0.2, 0.25) is 11.8 Å². The lowest BCUT2D eigenvalue weighted by Crippen LogP contribution is -2.51. The number of para-hydroxylation sites is 1. The quantitative estimate of drug-likeness (QED) is 0.553. The molecular weight excluding hydrogens is 384 g/mol. The van der Waals surface area contributed by atoms with Gasteiger partial charge in [0.25, 0.3) is 0 Å². The molecule has 0 aromatic heterocycles. The van der Waals surface area contributed by atoms with Crippen LogP contribution in [0.3, 0.4) is 0 Å². The molecule has 1 spiro atoms. The molecule has 30 heavy (non-hydrogen) atoms. The maximum Gasteiger partial charge on any atom is 0.312 e. The summed E-state index contributed by atoms with van der Waals surface area (Å²) in [6.45, 7) is 2.59. The van der Waals surface area contributed by atoms with Gasteiger partial charge in [0.1, 0.15) is 11.5 Å². The number of ether oxygens (including phenoxy) is 2. The van der Waals surface area contributed by atoms with Crippen molar-refractivity contribution in [3.8, 4) is 0 Å². The van der Waals surface area contributed by atoms with Crippen molar-refractivity contribution in [1.29, 1.82) is 0 Å². The second-order valence-corrected chi connectivity index (χ2v) is 9.18. The Morgan fingerprint density at radius 1 is 1.23 bits per heavy atom. The monoisotopic (exact) mass is 408 g/mol. The van der Waals surface area contributed by atoms with Gasteiger partial charge in [0.15, 0.2) is 0 Å². The Kier molecular flexibility index (Phi) is 3.46. The molecule has 5 aliphatic heterocycles. The van der Waals surface area contributed by atoms with Gasteiger partial charge in [-0.05, 0) is 31.4 Å². The molecule has 0 aliphatic carbocycles. The minimum Gasteiger partial charge on any atom is -0.469 e. The largest absolute Gasteiger partial charge is 0.469 e. The highest BCUT2D eigenvalue weighted by molar-refractivity contribution is 6.05. The van der Waals surface area contributed by atoms with Gasteiger partial charge in [-0.2, -0.15) is 0 Å². The summed E-state index contributed by atoms with van der Waals surface area (Å²) in [6, 6.07) is 7.45. The summed E-state index contributed by atoms with van der Waals surface area (Å²) in [6.07, 6.45) is 5.92. The van der Waals surface area contributed by atoms with Crippen molar-refractivity contribution in [3.05, 3.63) is 42.0 Å². The first kappa shape index (κ1) is 18.1. The number of fused-ring (bicyclic) bond motifs is 4. The standard InChI is InChI=1S/C23H24N2O5/c1-22-9-10-23(30-22)16-12-15(24-11-5-8-17(24)26)13-6-3-4-7-14(13)25(16)20(27)18(23)19(22)21(28)29-2/h3-4,6-7,9-10,15-16,18-19H,5,8,11-12H2,1-2H3/t15-,16-,18+,19-,22-,23-/m0/s1. The van der Waals surface area contributed by atoms with Crippen molar-refractivity contribution in [1.82, 2.24) is 4.90 Å². The van der Waals surface area contributed by atoms with E-state index in [2.05, 4.69) is 0 Å². The highest BCUT2D eigenvalue weighted by Crippen LogP contribution is 2.63. The molecule has 0 unspecified atom stereocenters. The van der Waals surface area contributed by atoms with Crippen LogP contribution >= 0.6 is 0 Å². The van der Waals surface area contributed by atoms with Crippen LogP contribution in [0.1, 0.15) is 37.8 Å². The van der Waals surface area contributed by atoms with Gasteiger partial charge >= 0.3 is 5.97 Å². The average molecular weight is 408 g/mol. The molecule has 0 radical (unpaired) electrons. The molecule has 6 atom stereocenters. The zero-order chi connectivity index (χ0) is 20.8. The summed E-state index contributed by atoms with van der Waals surface area (Å²) in [5.74, 6) is -1.65. The predicted molar refractivity (Wildman–Crippen MR) is 106 cm³/mol. The van der Waals surface area contributed by atoms with Crippen molar-refractivity contribution < 1.29 is 23.9 Å². The van der Waals surface area contributed by atoms with E-state index in [4.69, 9.17) is 9.47 Å². The van der Waals surface area contributed by atoms with Crippen LogP contribution in [0.5, 0.6) is 0 Å². The Morgan fingerprint density at radius 2 is 2.03 bits per heavy atom. The molecule has 1 aromatic carbocycles. The number of amides is 2. The Morgan fingerprint density at radius 3 is 2.77 bits per heavy atom. The van der Waals surface area contributed by atoms with Gasteiger partial charge in [-0.1, -0.05) is 30.4 Å². The highest BCUT2D eigenvalue weighted by atomic mass is 16.6. The summed E-state index contributed by atoms with van der Waals surface area (Å²) in [4.78, 5) is 42.8. The third-order valence-electron chi connectivity index (χ3n) is 7.79. The van der Waals surface area contributed by atoms with Gasteiger partial charge in [-0.3, -0.25) is 14.4 Å². The number of carbonyl (C=O) groups excluding carboxylic acids is 3. The van der Waals surface area contributed by atoms with Crippen molar-refractivity contribution in [3.63, 3.8) is 0 Å². The van der Waals surface area contributed by atoms with Crippen molar-refractivity contribution >= 4 is 23.5 Å². The normalized spacial score (nSPS) is 40.6. The predicted octanol–water partition coefficient (Wildman–Crippen LogP) is 1.97. The lowest BCUT2D eigenvalue weighted by molar-refractivity contribution is -0.152. The molecule has 3 fully saturated rings.